The SMILES string of the molecule is CC(C)(C)C1CC=CC2CNCCN2C1=O. The van der Waals surface area contributed by atoms with Crippen LogP contribution in [0.5, 0.6) is 0 Å². The van der Waals surface area contributed by atoms with Gasteiger partial charge in [0, 0.05) is 25.6 Å². The molecule has 3 heteroatoms. The minimum atomic E-state index is 0.0567. The lowest BCUT2D eigenvalue weighted by molar-refractivity contribution is -0.140. The molecule has 2 atom stereocenters. The van der Waals surface area contributed by atoms with E-state index in [1.807, 2.05) is 0 Å². The Bertz CT molecular complexity index is 304. The molecule has 0 aliphatic carbocycles. The van der Waals surface area contributed by atoms with Crippen molar-refractivity contribution in [2.24, 2.45) is 11.3 Å². The molecule has 0 saturated carbocycles. The molecule has 16 heavy (non-hydrogen) atoms. The molecule has 3 nitrogen and oxygen atoms in total. The first-order valence-electron chi connectivity index (χ1n) is 6.18. The number of nitrogens with zero attached hydrogens (tertiary/aromatic N) is 1. The smallest absolute Gasteiger partial charge is 0.227 e. The van der Waals surface area contributed by atoms with Gasteiger partial charge in [0.25, 0.3) is 0 Å². The van der Waals surface area contributed by atoms with E-state index in [1.54, 1.807) is 0 Å². The molecule has 0 aromatic rings. The van der Waals surface area contributed by atoms with E-state index in [1.165, 1.54) is 0 Å². The third-order valence-electron chi connectivity index (χ3n) is 3.64. The molecular formula is C13H22N2O. The minimum absolute atomic E-state index is 0.0567. The van der Waals surface area contributed by atoms with E-state index in [0.717, 1.165) is 26.1 Å². The van der Waals surface area contributed by atoms with Crippen LogP contribution in [0.1, 0.15) is 27.2 Å². The van der Waals surface area contributed by atoms with Gasteiger partial charge in [0.15, 0.2) is 0 Å². The molecule has 90 valence electrons. The van der Waals surface area contributed by atoms with Crippen LogP contribution >= 0.6 is 0 Å². The second-order valence-corrected chi connectivity index (χ2v) is 5.89. The van der Waals surface area contributed by atoms with Gasteiger partial charge in [-0.15, -0.1) is 0 Å². The van der Waals surface area contributed by atoms with Gasteiger partial charge in [-0.2, -0.15) is 0 Å². The Labute approximate surface area is 97.9 Å². The van der Waals surface area contributed by atoms with Gasteiger partial charge in [-0.05, 0) is 11.8 Å². The number of nitrogens with one attached hydrogen (secondary N) is 1. The summed E-state index contributed by atoms with van der Waals surface area (Å²) in [7, 11) is 0. The van der Waals surface area contributed by atoms with Gasteiger partial charge in [-0.25, -0.2) is 0 Å². The van der Waals surface area contributed by atoms with Crippen LogP contribution in [-0.2, 0) is 4.79 Å². The second-order valence-electron chi connectivity index (χ2n) is 5.89. The Morgan fingerprint density at radius 1 is 1.44 bits per heavy atom. The summed E-state index contributed by atoms with van der Waals surface area (Å²) >= 11 is 0. The summed E-state index contributed by atoms with van der Waals surface area (Å²) < 4.78 is 0. The molecule has 2 rings (SSSR count). The van der Waals surface area contributed by atoms with E-state index in [-0.39, 0.29) is 17.4 Å². The van der Waals surface area contributed by atoms with Gasteiger partial charge in [0.2, 0.25) is 5.91 Å². The van der Waals surface area contributed by atoms with E-state index in [0.29, 0.717) is 5.91 Å². The Balaban J connectivity index is 2.21. The fourth-order valence-electron chi connectivity index (χ4n) is 2.57. The van der Waals surface area contributed by atoms with Crippen molar-refractivity contribution in [2.75, 3.05) is 19.6 Å². The van der Waals surface area contributed by atoms with E-state index in [4.69, 9.17) is 0 Å². The Kier molecular flexibility index (Phi) is 3.06. The van der Waals surface area contributed by atoms with Crippen LogP contribution in [0.15, 0.2) is 12.2 Å². The molecule has 2 unspecified atom stereocenters. The van der Waals surface area contributed by atoms with Crippen molar-refractivity contribution in [1.29, 1.82) is 0 Å². The van der Waals surface area contributed by atoms with Crippen LogP contribution in [0.4, 0.5) is 0 Å². The summed E-state index contributed by atoms with van der Waals surface area (Å²) in [6.07, 6.45) is 5.26. The number of rotatable bonds is 0. The molecule has 0 bridgehead atoms. The van der Waals surface area contributed by atoms with Crippen molar-refractivity contribution in [2.45, 2.75) is 33.2 Å². The van der Waals surface area contributed by atoms with Crippen molar-refractivity contribution < 1.29 is 4.79 Å². The molecule has 0 aromatic heterocycles. The highest BCUT2D eigenvalue weighted by Crippen LogP contribution is 2.33. The first-order chi connectivity index (χ1) is 7.50. The van der Waals surface area contributed by atoms with Gasteiger partial charge in [0.05, 0.1) is 6.04 Å². The highest BCUT2D eigenvalue weighted by Gasteiger charge is 2.37. The Morgan fingerprint density at radius 2 is 2.19 bits per heavy atom. The maximum Gasteiger partial charge on any atom is 0.227 e. The van der Waals surface area contributed by atoms with Gasteiger partial charge < -0.3 is 10.2 Å². The molecule has 1 saturated heterocycles. The number of carbonyl (C=O) groups excluding carboxylic acids is 1. The van der Waals surface area contributed by atoms with Crippen LogP contribution in [0.3, 0.4) is 0 Å². The van der Waals surface area contributed by atoms with Crippen molar-refractivity contribution >= 4 is 5.91 Å². The standard InChI is InChI=1S/C13H22N2O/c1-13(2,3)11-6-4-5-10-9-14-7-8-15(10)12(11)16/h4-5,10-11,14H,6-9H2,1-3H3. The summed E-state index contributed by atoms with van der Waals surface area (Å²) in [5.41, 5.74) is 0.0567. The van der Waals surface area contributed by atoms with Crippen molar-refractivity contribution in [3.63, 3.8) is 0 Å². The van der Waals surface area contributed by atoms with Crippen molar-refractivity contribution in [3.05, 3.63) is 12.2 Å². The van der Waals surface area contributed by atoms with Crippen LogP contribution in [0.25, 0.3) is 0 Å². The molecule has 0 spiro atoms. The number of amides is 1. The number of fused-ring (bicyclic) bond motifs is 1. The number of carbonyl (C=O) groups is 1. The highest BCUT2D eigenvalue weighted by molar-refractivity contribution is 5.81. The first-order valence-corrected chi connectivity index (χ1v) is 6.18. The topological polar surface area (TPSA) is 32.3 Å². The molecule has 2 aliphatic heterocycles. The highest BCUT2D eigenvalue weighted by atomic mass is 16.2. The van der Waals surface area contributed by atoms with Crippen LogP contribution in [-0.4, -0.2) is 36.5 Å². The first kappa shape index (κ1) is 11.6. The largest absolute Gasteiger partial charge is 0.333 e. The summed E-state index contributed by atoms with van der Waals surface area (Å²) in [5, 5.41) is 3.34. The minimum Gasteiger partial charge on any atom is -0.333 e. The van der Waals surface area contributed by atoms with Gasteiger partial charge in [-0.3, -0.25) is 4.79 Å². The second kappa shape index (κ2) is 4.21. The summed E-state index contributed by atoms with van der Waals surface area (Å²) in [6.45, 7) is 9.15. The zero-order valence-electron chi connectivity index (χ0n) is 10.5. The van der Waals surface area contributed by atoms with Crippen LogP contribution < -0.4 is 5.32 Å². The van der Waals surface area contributed by atoms with Gasteiger partial charge >= 0.3 is 0 Å². The van der Waals surface area contributed by atoms with Crippen LogP contribution in [0, 0.1) is 11.3 Å². The Morgan fingerprint density at radius 3 is 2.88 bits per heavy atom. The number of allylic oxidation sites excluding steroid dienone is 1. The molecule has 1 N–H and O–H groups in total. The summed E-state index contributed by atoms with van der Waals surface area (Å²) in [5.74, 6) is 0.468. The summed E-state index contributed by atoms with van der Waals surface area (Å²) in [4.78, 5) is 14.5. The monoisotopic (exact) mass is 222 g/mol. The van der Waals surface area contributed by atoms with Crippen molar-refractivity contribution in [1.82, 2.24) is 10.2 Å². The third-order valence-corrected chi connectivity index (χ3v) is 3.64. The van der Waals surface area contributed by atoms with Gasteiger partial charge in [0.1, 0.15) is 0 Å². The average molecular weight is 222 g/mol. The maximum atomic E-state index is 12.5. The number of hydrogen-bond donors (Lipinski definition) is 1. The van der Waals surface area contributed by atoms with Gasteiger partial charge in [-0.1, -0.05) is 32.9 Å². The van der Waals surface area contributed by atoms with Crippen molar-refractivity contribution in [3.8, 4) is 0 Å². The van der Waals surface area contributed by atoms with E-state index in [2.05, 4.69) is 43.1 Å². The molecule has 1 fully saturated rings. The molecule has 0 aromatic carbocycles. The maximum absolute atomic E-state index is 12.5. The lowest BCUT2D eigenvalue weighted by atomic mass is 9.78. The van der Waals surface area contributed by atoms with E-state index >= 15 is 0 Å². The lowest BCUT2D eigenvalue weighted by Crippen LogP contribution is -2.54. The predicted molar refractivity (Wildman–Crippen MR) is 65.1 cm³/mol. The Hall–Kier alpha value is -0.830. The zero-order chi connectivity index (χ0) is 11.8. The van der Waals surface area contributed by atoms with E-state index < -0.39 is 0 Å². The fraction of sp³-hybridized carbons (Fsp3) is 0.769. The summed E-state index contributed by atoms with van der Waals surface area (Å²) in [6, 6.07) is 0.272. The molecular weight excluding hydrogens is 200 g/mol. The normalized spacial score (nSPS) is 31.2. The molecule has 0 radical (unpaired) electrons. The van der Waals surface area contributed by atoms with E-state index in [9.17, 15) is 4.79 Å². The predicted octanol–water partition coefficient (Wildman–Crippen LogP) is 1.41. The average Bonchev–Trinajstić information content (AvgIpc) is 2.38. The third kappa shape index (κ3) is 2.14. The quantitative estimate of drug-likeness (QED) is 0.629. The number of piperazine rings is 1. The zero-order valence-corrected chi connectivity index (χ0v) is 10.5. The molecule has 1 amide bonds. The van der Waals surface area contributed by atoms with Crippen LogP contribution in [0.2, 0.25) is 0 Å². The number of hydrogen-bond acceptors (Lipinski definition) is 2. The fourth-order valence-corrected chi connectivity index (χ4v) is 2.57. The molecule has 2 aliphatic rings. The lowest BCUT2D eigenvalue weighted by Gasteiger charge is -2.38. The molecule has 2 heterocycles.